The summed E-state index contributed by atoms with van der Waals surface area (Å²) in [5.41, 5.74) is 3.25. The maximum atomic E-state index is 13.7. The number of nitrogens with one attached hydrogen (secondary N) is 1. The lowest BCUT2D eigenvalue weighted by molar-refractivity contribution is 0.0633. The van der Waals surface area contributed by atoms with Gasteiger partial charge in [0, 0.05) is 36.3 Å². The molecule has 1 fully saturated rings. The number of carbonyl (C=O) groups is 1. The number of fused-ring (bicyclic) bond motifs is 1. The predicted molar refractivity (Wildman–Crippen MR) is 127 cm³/mol. The standard InChI is InChI=1S/C23H25N3O3.2ClH/c1-15-12-19(18-13-16(28-2)8-9-20(18)25-15)23(27)26-11-10-24-14-21(26)17-6-4-5-7-22(17)29-3;;/h4-9,12-13,21,24H,10-11,14H2,1-3H3;2*1H. The lowest BCUT2D eigenvalue weighted by Gasteiger charge is -2.37. The van der Waals surface area contributed by atoms with Crippen LogP contribution < -0.4 is 14.8 Å². The number of piperazine rings is 1. The molecule has 1 saturated heterocycles. The number of hydrogen-bond acceptors (Lipinski definition) is 5. The van der Waals surface area contributed by atoms with Gasteiger partial charge in [-0.3, -0.25) is 9.78 Å². The van der Waals surface area contributed by atoms with Gasteiger partial charge in [0.25, 0.3) is 5.91 Å². The van der Waals surface area contributed by atoms with Gasteiger partial charge in [-0.15, -0.1) is 24.8 Å². The van der Waals surface area contributed by atoms with Crippen molar-refractivity contribution in [1.29, 1.82) is 0 Å². The highest BCUT2D eigenvalue weighted by Gasteiger charge is 2.31. The third kappa shape index (κ3) is 4.87. The summed E-state index contributed by atoms with van der Waals surface area (Å²) >= 11 is 0. The number of rotatable bonds is 4. The predicted octanol–water partition coefficient (Wildman–Crippen LogP) is 4.19. The van der Waals surface area contributed by atoms with Crippen molar-refractivity contribution in [2.75, 3.05) is 33.9 Å². The van der Waals surface area contributed by atoms with E-state index in [1.165, 1.54) is 0 Å². The first-order chi connectivity index (χ1) is 14.1. The third-order valence-electron chi connectivity index (χ3n) is 5.38. The number of hydrogen-bond donors (Lipinski definition) is 1. The summed E-state index contributed by atoms with van der Waals surface area (Å²) in [6.07, 6.45) is 0. The smallest absolute Gasteiger partial charge is 0.255 e. The molecule has 31 heavy (non-hydrogen) atoms. The van der Waals surface area contributed by atoms with E-state index in [0.29, 0.717) is 24.4 Å². The number of ether oxygens (including phenoxy) is 2. The second-order valence-corrected chi connectivity index (χ2v) is 7.15. The van der Waals surface area contributed by atoms with E-state index in [9.17, 15) is 4.79 Å². The van der Waals surface area contributed by atoms with Gasteiger partial charge < -0.3 is 19.7 Å². The Hall–Kier alpha value is -2.54. The van der Waals surface area contributed by atoms with Crippen LogP contribution in [-0.4, -0.2) is 49.6 Å². The molecule has 0 spiro atoms. The molecule has 8 heteroatoms. The number of methoxy groups -OCH3 is 2. The van der Waals surface area contributed by atoms with Gasteiger partial charge in [-0.2, -0.15) is 0 Å². The minimum absolute atomic E-state index is 0. The fourth-order valence-corrected chi connectivity index (χ4v) is 3.96. The molecular formula is C23H27Cl2N3O3. The zero-order valence-electron chi connectivity index (χ0n) is 17.8. The maximum Gasteiger partial charge on any atom is 0.255 e. The maximum absolute atomic E-state index is 13.7. The minimum atomic E-state index is -0.110. The lowest BCUT2D eigenvalue weighted by Crippen LogP contribution is -2.48. The van der Waals surface area contributed by atoms with E-state index in [1.54, 1.807) is 14.2 Å². The molecule has 0 radical (unpaired) electrons. The van der Waals surface area contributed by atoms with Crippen LogP contribution in [0.3, 0.4) is 0 Å². The van der Waals surface area contributed by atoms with E-state index >= 15 is 0 Å². The molecule has 0 bridgehead atoms. The van der Waals surface area contributed by atoms with Crippen molar-refractivity contribution in [2.45, 2.75) is 13.0 Å². The molecule has 6 nitrogen and oxygen atoms in total. The number of halogens is 2. The van der Waals surface area contributed by atoms with Crippen molar-refractivity contribution in [1.82, 2.24) is 15.2 Å². The van der Waals surface area contributed by atoms with Gasteiger partial charge in [-0.1, -0.05) is 18.2 Å². The third-order valence-corrected chi connectivity index (χ3v) is 5.38. The van der Waals surface area contributed by atoms with Crippen molar-refractivity contribution < 1.29 is 14.3 Å². The van der Waals surface area contributed by atoms with Gasteiger partial charge in [0.15, 0.2) is 0 Å². The number of benzene rings is 2. The monoisotopic (exact) mass is 463 g/mol. The molecule has 3 aromatic rings. The average Bonchev–Trinajstić information content (AvgIpc) is 2.77. The first-order valence-electron chi connectivity index (χ1n) is 9.72. The molecule has 1 unspecified atom stereocenters. The second-order valence-electron chi connectivity index (χ2n) is 7.15. The molecule has 1 aliphatic heterocycles. The molecule has 1 aliphatic rings. The Balaban J connectivity index is 0.00000171. The average molecular weight is 464 g/mol. The highest BCUT2D eigenvalue weighted by Crippen LogP contribution is 2.33. The van der Waals surface area contributed by atoms with E-state index in [-0.39, 0.29) is 36.8 Å². The van der Waals surface area contributed by atoms with Crippen LogP contribution in [-0.2, 0) is 0 Å². The summed E-state index contributed by atoms with van der Waals surface area (Å²) in [6.45, 7) is 3.96. The van der Waals surface area contributed by atoms with Crippen LogP contribution >= 0.6 is 24.8 Å². The van der Waals surface area contributed by atoms with Crippen LogP contribution in [0.2, 0.25) is 0 Å². The van der Waals surface area contributed by atoms with Crippen molar-refractivity contribution in [3.05, 3.63) is 65.4 Å². The van der Waals surface area contributed by atoms with Gasteiger partial charge in [-0.05, 0) is 37.3 Å². The number of para-hydroxylation sites is 1. The summed E-state index contributed by atoms with van der Waals surface area (Å²) < 4.78 is 10.9. The Morgan fingerprint density at radius 2 is 1.87 bits per heavy atom. The van der Waals surface area contributed by atoms with E-state index in [4.69, 9.17) is 9.47 Å². The van der Waals surface area contributed by atoms with Crippen LogP contribution in [0.25, 0.3) is 10.9 Å². The zero-order chi connectivity index (χ0) is 20.4. The van der Waals surface area contributed by atoms with Gasteiger partial charge in [0.1, 0.15) is 11.5 Å². The topological polar surface area (TPSA) is 63.7 Å². The molecule has 1 aromatic heterocycles. The van der Waals surface area contributed by atoms with Gasteiger partial charge in [-0.25, -0.2) is 0 Å². The fraction of sp³-hybridized carbons (Fsp3) is 0.304. The van der Waals surface area contributed by atoms with E-state index < -0.39 is 0 Å². The SMILES string of the molecule is COc1ccc2nc(C)cc(C(=O)N3CCNCC3c3ccccc3OC)c2c1.Cl.Cl. The van der Waals surface area contributed by atoms with Crippen LogP contribution in [0, 0.1) is 6.92 Å². The second kappa shape index (κ2) is 10.7. The van der Waals surface area contributed by atoms with E-state index in [0.717, 1.165) is 34.5 Å². The van der Waals surface area contributed by atoms with Gasteiger partial charge in [0.2, 0.25) is 0 Å². The first kappa shape index (κ1) is 24.7. The number of pyridine rings is 1. The molecule has 2 heterocycles. The largest absolute Gasteiger partial charge is 0.497 e. The number of aromatic nitrogens is 1. The van der Waals surface area contributed by atoms with Crippen LogP contribution in [0.1, 0.15) is 27.7 Å². The summed E-state index contributed by atoms with van der Waals surface area (Å²) in [7, 11) is 3.28. The molecule has 0 aliphatic carbocycles. The summed E-state index contributed by atoms with van der Waals surface area (Å²) in [5.74, 6) is 1.49. The summed E-state index contributed by atoms with van der Waals surface area (Å²) in [5, 5.41) is 4.21. The summed E-state index contributed by atoms with van der Waals surface area (Å²) in [4.78, 5) is 20.3. The fourth-order valence-electron chi connectivity index (χ4n) is 3.96. The first-order valence-corrected chi connectivity index (χ1v) is 9.72. The van der Waals surface area contributed by atoms with E-state index in [2.05, 4.69) is 10.3 Å². The van der Waals surface area contributed by atoms with Crippen molar-refractivity contribution in [3.63, 3.8) is 0 Å². The number of carbonyl (C=O) groups excluding carboxylic acids is 1. The normalized spacial score (nSPS) is 15.6. The molecule has 1 atom stereocenters. The molecule has 0 saturated carbocycles. The molecule has 4 rings (SSSR count). The van der Waals surface area contributed by atoms with Crippen molar-refractivity contribution in [2.24, 2.45) is 0 Å². The lowest BCUT2D eigenvalue weighted by atomic mass is 9.99. The Morgan fingerprint density at radius 1 is 1.10 bits per heavy atom. The van der Waals surface area contributed by atoms with Gasteiger partial charge >= 0.3 is 0 Å². The Morgan fingerprint density at radius 3 is 2.61 bits per heavy atom. The number of nitrogens with zero attached hydrogens (tertiary/aromatic N) is 2. The highest BCUT2D eigenvalue weighted by atomic mass is 35.5. The van der Waals surface area contributed by atoms with Crippen LogP contribution in [0.5, 0.6) is 11.5 Å². The van der Waals surface area contributed by atoms with Gasteiger partial charge in [0.05, 0.1) is 31.3 Å². The molecule has 1 N–H and O–H groups in total. The Kier molecular flexibility index (Phi) is 8.51. The molecule has 2 aromatic carbocycles. The van der Waals surface area contributed by atoms with Crippen molar-refractivity contribution >= 4 is 41.6 Å². The molecule has 166 valence electrons. The van der Waals surface area contributed by atoms with Crippen molar-refractivity contribution in [3.8, 4) is 11.5 Å². The number of aryl methyl sites for hydroxylation is 1. The highest BCUT2D eigenvalue weighted by molar-refractivity contribution is 6.06. The molecular weight excluding hydrogens is 437 g/mol. The quantitative estimate of drug-likeness (QED) is 0.628. The summed E-state index contributed by atoms with van der Waals surface area (Å²) in [6, 6.07) is 15.3. The van der Waals surface area contributed by atoms with Crippen LogP contribution in [0.4, 0.5) is 0 Å². The van der Waals surface area contributed by atoms with E-state index in [1.807, 2.05) is 60.4 Å². The molecule has 1 amide bonds. The Bertz CT molecular complexity index is 1060. The number of amides is 1. The minimum Gasteiger partial charge on any atom is -0.497 e. The van der Waals surface area contributed by atoms with Crippen LogP contribution in [0.15, 0.2) is 48.5 Å². The Labute approximate surface area is 194 Å². The zero-order valence-corrected chi connectivity index (χ0v) is 19.4.